The maximum Gasteiger partial charge on any atom is 0.170 e. The Morgan fingerprint density at radius 1 is 0.941 bits per heavy atom. The highest BCUT2D eigenvalue weighted by molar-refractivity contribution is 5.96. The minimum absolute atomic E-state index is 0.135. The van der Waals surface area contributed by atoms with E-state index in [0.29, 0.717) is 0 Å². The molecule has 3 nitrogen and oxygen atoms in total. The second-order valence-corrected chi connectivity index (χ2v) is 3.84. The highest BCUT2D eigenvalue weighted by Gasteiger charge is 1.99. The Balaban J connectivity index is 2.14. The van der Waals surface area contributed by atoms with Crippen molar-refractivity contribution in [1.29, 1.82) is 0 Å². The van der Waals surface area contributed by atoms with Gasteiger partial charge in [-0.25, -0.2) is 0 Å². The molecule has 0 amide bonds. The maximum atomic E-state index is 8.56. The van der Waals surface area contributed by atoms with Crippen molar-refractivity contribution in [2.24, 2.45) is 10.9 Å². The first-order valence-electron chi connectivity index (χ1n) is 5.40. The van der Waals surface area contributed by atoms with E-state index in [9.17, 15) is 0 Å². The van der Waals surface area contributed by atoms with E-state index < -0.39 is 0 Å². The molecule has 0 aliphatic heterocycles. The smallest absolute Gasteiger partial charge is 0.170 e. The second kappa shape index (κ2) is 5.16. The fourth-order valence-electron chi connectivity index (χ4n) is 1.68. The van der Waals surface area contributed by atoms with E-state index >= 15 is 0 Å². The highest BCUT2D eigenvalue weighted by atomic mass is 16.4. The van der Waals surface area contributed by atoms with Crippen molar-refractivity contribution >= 4 is 5.84 Å². The molecule has 0 spiro atoms. The fourth-order valence-corrected chi connectivity index (χ4v) is 1.68. The summed E-state index contributed by atoms with van der Waals surface area (Å²) in [6.45, 7) is 0. The predicted octanol–water partition coefficient (Wildman–Crippen LogP) is 2.37. The van der Waals surface area contributed by atoms with Gasteiger partial charge in [-0.05, 0) is 17.5 Å². The minimum atomic E-state index is 0.135. The first-order chi connectivity index (χ1) is 8.29. The van der Waals surface area contributed by atoms with Gasteiger partial charge in [0.25, 0.3) is 0 Å². The van der Waals surface area contributed by atoms with Crippen LogP contribution in [-0.4, -0.2) is 11.0 Å². The summed E-state index contributed by atoms with van der Waals surface area (Å²) in [6, 6.07) is 17.9. The van der Waals surface area contributed by atoms with E-state index in [1.54, 1.807) is 0 Å². The summed E-state index contributed by atoms with van der Waals surface area (Å²) in [5.41, 5.74) is 8.69. The van der Waals surface area contributed by atoms with Gasteiger partial charge in [-0.3, -0.25) is 0 Å². The van der Waals surface area contributed by atoms with E-state index in [-0.39, 0.29) is 5.84 Å². The summed E-state index contributed by atoms with van der Waals surface area (Å²) in [5, 5.41) is 11.5. The first kappa shape index (κ1) is 11.2. The summed E-state index contributed by atoms with van der Waals surface area (Å²) < 4.78 is 0. The number of oxime groups is 1. The zero-order valence-corrected chi connectivity index (χ0v) is 9.38. The lowest BCUT2D eigenvalue weighted by Crippen LogP contribution is -2.12. The molecule has 0 aliphatic carbocycles. The van der Waals surface area contributed by atoms with Crippen molar-refractivity contribution in [1.82, 2.24) is 0 Å². The zero-order chi connectivity index (χ0) is 12.1. The number of amidine groups is 1. The van der Waals surface area contributed by atoms with Gasteiger partial charge >= 0.3 is 0 Å². The van der Waals surface area contributed by atoms with E-state index in [1.807, 2.05) is 42.5 Å². The molecule has 2 rings (SSSR count). The van der Waals surface area contributed by atoms with Crippen molar-refractivity contribution in [2.75, 3.05) is 0 Å². The van der Waals surface area contributed by atoms with Crippen LogP contribution < -0.4 is 5.73 Å². The van der Waals surface area contributed by atoms with Crippen LogP contribution in [0.2, 0.25) is 0 Å². The number of nitrogens with zero attached hydrogens (tertiary/aromatic N) is 1. The molecule has 17 heavy (non-hydrogen) atoms. The van der Waals surface area contributed by atoms with E-state index in [2.05, 4.69) is 17.3 Å². The molecule has 2 aromatic carbocycles. The molecule has 0 atom stereocenters. The van der Waals surface area contributed by atoms with Gasteiger partial charge in [0, 0.05) is 5.56 Å². The molecule has 2 aromatic rings. The van der Waals surface area contributed by atoms with Gasteiger partial charge in [-0.1, -0.05) is 59.8 Å². The van der Waals surface area contributed by atoms with E-state index in [4.69, 9.17) is 10.9 Å². The Labute approximate surface area is 100 Å². The van der Waals surface area contributed by atoms with Crippen molar-refractivity contribution < 1.29 is 5.21 Å². The number of rotatable bonds is 3. The normalized spacial score (nSPS) is 11.4. The lowest BCUT2D eigenvalue weighted by molar-refractivity contribution is 0.318. The third-order valence-electron chi connectivity index (χ3n) is 2.61. The largest absolute Gasteiger partial charge is 0.409 e. The van der Waals surface area contributed by atoms with E-state index in [1.165, 1.54) is 11.1 Å². The molecule has 3 N–H and O–H groups in total. The van der Waals surface area contributed by atoms with Gasteiger partial charge in [0.2, 0.25) is 0 Å². The van der Waals surface area contributed by atoms with Gasteiger partial charge in [0.15, 0.2) is 5.84 Å². The molecule has 0 saturated heterocycles. The lowest BCUT2D eigenvalue weighted by Gasteiger charge is -2.03. The van der Waals surface area contributed by atoms with Crippen molar-refractivity contribution in [3.8, 4) is 0 Å². The number of nitrogens with two attached hydrogens (primary N) is 1. The number of benzene rings is 2. The van der Waals surface area contributed by atoms with Crippen molar-refractivity contribution in [2.45, 2.75) is 6.42 Å². The van der Waals surface area contributed by atoms with Crippen LogP contribution in [0, 0.1) is 0 Å². The van der Waals surface area contributed by atoms with Gasteiger partial charge < -0.3 is 10.9 Å². The molecule has 0 fully saturated rings. The van der Waals surface area contributed by atoms with Gasteiger partial charge in [-0.2, -0.15) is 0 Å². The average Bonchev–Trinajstić information content (AvgIpc) is 2.40. The summed E-state index contributed by atoms with van der Waals surface area (Å²) in [6.07, 6.45) is 0.886. The quantitative estimate of drug-likeness (QED) is 0.365. The first-order valence-corrected chi connectivity index (χ1v) is 5.40. The molecule has 0 heterocycles. The van der Waals surface area contributed by atoms with Crippen LogP contribution in [0.4, 0.5) is 0 Å². The molecular formula is C14H14N2O. The van der Waals surface area contributed by atoms with Crippen molar-refractivity contribution in [3.05, 3.63) is 71.3 Å². The standard InChI is InChI=1S/C14H14N2O/c15-14(16-17)13-8-6-12(7-9-13)10-11-4-2-1-3-5-11/h1-9,17H,10H2,(H2,15,16). The Bertz CT molecular complexity index is 504. The topological polar surface area (TPSA) is 58.6 Å². The predicted molar refractivity (Wildman–Crippen MR) is 68.2 cm³/mol. The monoisotopic (exact) mass is 226 g/mol. The molecule has 0 unspecified atom stereocenters. The van der Waals surface area contributed by atoms with Crippen LogP contribution in [0.3, 0.4) is 0 Å². The number of hydrogen-bond acceptors (Lipinski definition) is 2. The van der Waals surface area contributed by atoms with Crippen LogP contribution in [0.5, 0.6) is 0 Å². The minimum Gasteiger partial charge on any atom is -0.409 e. The third-order valence-corrected chi connectivity index (χ3v) is 2.61. The molecule has 0 bridgehead atoms. The third kappa shape index (κ3) is 2.84. The Hall–Kier alpha value is -2.29. The highest BCUT2D eigenvalue weighted by Crippen LogP contribution is 2.10. The summed E-state index contributed by atoms with van der Waals surface area (Å²) >= 11 is 0. The average molecular weight is 226 g/mol. The Morgan fingerprint density at radius 3 is 2.12 bits per heavy atom. The van der Waals surface area contributed by atoms with Crippen LogP contribution >= 0.6 is 0 Å². The molecule has 0 aliphatic rings. The lowest BCUT2D eigenvalue weighted by atomic mass is 10.0. The van der Waals surface area contributed by atoms with Gasteiger partial charge in [0.1, 0.15) is 0 Å². The second-order valence-electron chi connectivity index (χ2n) is 3.84. The molecule has 0 saturated carbocycles. The maximum absolute atomic E-state index is 8.56. The van der Waals surface area contributed by atoms with Crippen LogP contribution in [-0.2, 0) is 6.42 Å². The SMILES string of the molecule is NC(=NO)c1ccc(Cc2ccccc2)cc1. The van der Waals surface area contributed by atoms with Crippen LogP contribution in [0.15, 0.2) is 59.8 Å². The molecule has 0 radical (unpaired) electrons. The summed E-state index contributed by atoms with van der Waals surface area (Å²) in [7, 11) is 0. The van der Waals surface area contributed by atoms with Crippen LogP contribution in [0.1, 0.15) is 16.7 Å². The molecule has 3 heteroatoms. The number of hydrogen-bond donors (Lipinski definition) is 2. The fraction of sp³-hybridized carbons (Fsp3) is 0.0714. The van der Waals surface area contributed by atoms with Crippen LogP contribution in [0.25, 0.3) is 0 Å². The van der Waals surface area contributed by atoms with Gasteiger partial charge in [0.05, 0.1) is 0 Å². The molecule has 0 aromatic heterocycles. The zero-order valence-electron chi connectivity index (χ0n) is 9.38. The van der Waals surface area contributed by atoms with Gasteiger partial charge in [-0.15, -0.1) is 0 Å². The Kier molecular flexibility index (Phi) is 3.40. The summed E-state index contributed by atoms with van der Waals surface area (Å²) in [5.74, 6) is 0.135. The summed E-state index contributed by atoms with van der Waals surface area (Å²) in [4.78, 5) is 0. The Morgan fingerprint density at radius 2 is 1.53 bits per heavy atom. The molecular weight excluding hydrogens is 212 g/mol. The molecule has 86 valence electrons. The van der Waals surface area contributed by atoms with E-state index in [0.717, 1.165) is 12.0 Å². The van der Waals surface area contributed by atoms with Crippen molar-refractivity contribution in [3.63, 3.8) is 0 Å².